The molecule has 0 saturated carbocycles. The van der Waals surface area contributed by atoms with E-state index in [9.17, 15) is 5.11 Å². The van der Waals surface area contributed by atoms with Gasteiger partial charge in [-0.1, -0.05) is 6.07 Å². The normalized spacial score (nSPS) is 21.1. The van der Waals surface area contributed by atoms with Gasteiger partial charge in [-0.25, -0.2) is 0 Å². The summed E-state index contributed by atoms with van der Waals surface area (Å²) in [6, 6.07) is 7.21. The predicted octanol–water partition coefficient (Wildman–Crippen LogP) is 2.25. The van der Waals surface area contributed by atoms with Gasteiger partial charge in [-0.05, 0) is 55.7 Å². The Labute approximate surface area is 126 Å². The van der Waals surface area contributed by atoms with E-state index in [2.05, 4.69) is 30.6 Å². The molecule has 0 spiro atoms. The van der Waals surface area contributed by atoms with Crippen molar-refractivity contribution in [1.29, 1.82) is 0 Å². The van der Waals surface area contributed by atoms with Crippen molar-refractivity contribution in [3.8, 4) is 5.75 Å². The maximum absolute atomic E-state index is 9.37. The van der Waals surface area contributed by atoms with Crippen LogP contribution >= 0.6 is 11.8 Å². The number of ether oxygens (including phenoxy) is 1. The summed E-state index contributed by atoms with van der Waals surface area (Å²) >= 11 is 1.73. The Morgan fingerprint density at radius 2 is 2.25 bits per heavy atom. The molecule has 3 unspecified atom stereocenters. The third-order valence-corrected chi connectivity index (χ3v) is 5.34. The van der Waals surface area contributed by atoms with Gasteiger partial charge in [-0.2, -0.15) is 11.8 Å². The van der Waals surface area contributed by atoms with E-state index in [1.165, 1.54) is 11.1 Å². The largest absolute Gasteiger partial charge is 0.497 e. The Kier molecular flexibility index (Phi) is 5.75. The number of nitrogens with one attached hydrogen (secondary N) is 1. The molecule has 0 heterocycles. The SMILES string of the molecule is COc1ccc2c(c1)CC(NC(C)C(CO)SC)CC2. The molecule has 3 nitrogen and oxygen atoms in total. The number of hydrogen-bond acceptors (Lipinski definition) is 4. The molecule has 2 N–H and O–H groups in total. The zero-order chi connectivity index (χ0) is 14.5. The molecular weight excluding hydrogens is 270 g/mol. The Balaban J connectivity index is 1.99. The van der Waals surface area contributed by atoms with Gasteiger partial charge in [0.05, 0.1) is 13.7 Å². The van der Waals surface area contributed by atoms with E-state index in [1.54, 1.807) is 18.9 Å². The zero-order valence-corrected chi connectivity index (χ0v) is 13.4. The Morgan fingerprint density at radius 3 is 2.90 bits per heavy atom. The number of fused-ring (bicyclic) bond motifs is 1. The number of aliphatic hydroxyl groups excluding tert-OH is 1. The van der Waals surface area contributed by atoms with E-state index in [4.69, 9.17) is 4.74 Å². The molecule has 3 atom stereocenters. The van der Waals surface area contributed by atoms with Crippen LogP contribution in [-0.2, 0) is 12.8 Å². The number of thioether (sulfide) groups is 1. The summed E-state index contributed by atoms with van der Waals surface area (Å²) in [7, 11) is 1.71. The second-order valence-corrected chi connectivity index (χ2v) is 6.56. The molecule has 112 valence electrons. The van der Waals surface area contributed by atoms with Crippen molar-refractivity contribution in [3.05, 3.63) is 29.3 Å². The van der Waals surface area contributed by atoms with E-state index < -0.39 is 0 Å². The third-order valence-electron chi connectivity index (χ3n) is 4.18. The van der Waals surface area contributed by atoms with Crippen LogP contribution in [0.5, 0.6) is 5.75 Å². The van der Waals surface area contributed by atoms with Gasteiger partial charge >= 0.3 is 0 Å². The van der Waals surface area contributed by atoms with E-state index in [0.29, 0.717) is 12.1 Å². The van der Waals surface area contributed by atoms with Crippen LogP contribution in [0.15, 0.2) is 18.2 Å². The minimum absolute atomic E-state index is 0.229. The Morgan fingerprint density at radius 1 is 1.45 bits per heavy atom. The second kappa shape index (κ2) is 7.34. The monoisotopic (exact) mass is 295 g/mol. The fourth-order valence-electron chi connectivity index (χ4n) is 2.92. The van der Waals surface area contributed by atoms with E-state index in [-0.39, 0.29) is 11.9 Å². The summed E-state index contributed by atoms with van der Waals surface area (Å²) in [6.45, 7) is 2.39. The van der Waals surface area contributed by atoms with Gasteiger partial charge in [0.25, 0.3) is 0 Å². The highest BCUT2D eigenvalue weighted by Crippen LogP contribution is 2.26. The van der Waals surface area contributed by atoms with Crippen LogP contribution in [0.3, 0.4) is 0 Å². The molecule has 1 aromatic carbocycles. The van der Waals surface area contributed by atoms with Crippen molar-refractivity contribution in [2.75, 3.05) is 20.0 Å². The molecule has 1 aromatic rings. The summed E-state index contributed by atoms with van der Waals surface area (Å²) in [6.07, 6.45) is 5.38. The fourth-order valence-corrected chi connectivity index (χ4v) is 3.55. The number of aliphatic hydroxyl groups is 1. The van der Waals surface area contributed by atoms with Gasteiger partial charge in [0.1, 0.15) is 5.75 Å². The van der Waals surface area contributed by atoms with Gasteiger partial charge in [-0.15, -0.1) is 0 Å². The first kappa shape index (κ1) is 15.7. The molecule has 0 radical (unpaired) electrons. The lowest BCUT2D eigenvalue weighted by atomic mass is 9.87. The molecule has 1 aliphatic rings. The van der Waals surface area contributed by atoms with Gasteiger partial charge in [0.2, 0.25) is 0 Å². The van der Waals surface area contributed by atoms with Crippen molar-refractivity contribution >= 4 is 11.8 Å². The van der Waals surface area contributed by atoms with Crippen LogP contribution in [-0.4, -0.2) is 42.4 Å². The average Bonchev–Trinajstić information content (AvgIpc) is 2.47. The summed E-state index contributed by atoms with van der Waals surface area (Å²) < 4.78 is 5.31. The molecule has 0 aromatic heterocycles. The van der Waals surface area contributed by atoms with Gasteiger partial charge in [0, 0.05) is 17.3 Å². The predicted molar refractivity (Wildman–Crippen MR) is 85.8 cm³/mol. The Hall–Kier alpha value is -0.710. The standard InChI is InChI=1S/C16H25NO2S/c1-11(16(10-18)20-3)17-14-6-4-12-5-7-15(19-2)9-13(12)8-14/h5,7,9,11,14,16-18H,4,6,8,10H2,1-3H3. The van der Waals surface area contributed by atoms with Gasteiger partial charge in [0.15, 0.2) is 0 Å². The highest BCUT2D eigenvalue weighted by atomic mass is 32.2. The number of benzene rings is 1. The lowest BCUT2D eigenvalue weighted by Crippen LogP contribution is -2.45. The first-order chi connectivity index (χ1) is 9.67. The van der Waals surface area contributed by atoms with Gasteiger partial charge in [-0.3, -0.25) is 0 Å². The minimum Gasteiger partial charge on any atom is -0.497 e. The van der Waals surface area contributed by atoms with Crippen LogP contribution in [0, 0.1) is 0 Å². The molecule has 0 fully saturated rings. The van der Waals surface area contributed by atoms with Crippen molar-refractivity contribution < 1.29 is 9.84 Å². The highest BCUT2D eigenvalue weighted by Gasteiger charge is 2.23. The quantitative estimate of drug-likeness (QED) is 0.845. The number of hydrogen-bond donors (Lipinski definition) is 2. The molecule has 0 bridgehead atoms. The highest BCUT2D eigenvalue weighted by molar-refractivity contribution is 7.99. The van der Waals surface area contributed by atoms with Crippen molar-refractivity contribution in [2.45, 2.75) is 43.5 Å². The topological polar surface area (TPSA) is 41.5 Å². The number of aryl methyl sites for hydroxylation is 1. The summed E-state index contributed by atoms with van der Waals surface area (Å²) in [4.78, 5) is 0. The molecule has 0 saturated heterocycles. The van der Waals surface area contributed by atoms with E-state index in [0.717, 1.165) is 25.0 Å². The molecule has 4 heteroatoms. The molecule has 2 rings (SSSR count). The van der Waals surface area contributed by atoms with Crippen LogP contribution in [0.2, 0.25) is 0 Å². The zero-order valence-electron chi connectivity index (χ0n) is 12.6. The molecule has 0 amide bonds. The summed E-state index contributed by atoms with van der Waals surface area (Å²) in [5.41, 5.74) is 2.84. The van der Waals surface area contributed by atoms with E-state index >= 15 is 0 Å². The van der Waals surface area contributed by atoms with Crippen LogP contribution in [0.1, 0.15) is 24.5 Å². The lowest BCUT2D eigenvalue weighted by molar-refractivity contribution is 0.267. The summed E-state index contributed by atoms with van der Waals surface area (Å²) in [5.74, 6) is 0.940. The van der Waals surface area contributed by atoms with Crippen LogP contribution in [0.25, 0.3) is 0 Å². The lowest BCUT2D eigenvalue weighted by Gasteiger charge is -2.31. The maximum Gasteiger partial charge on any atom is 0.119 e. The van der Waals surface area contributed by atoms with Crippen LogP contribution in [0.4, 0.5) is 0 Å². The first-order valence-corrected chi connectivity index (χ1v) is 8.52. The molecule has 0 aliphatic heterocycles. The van der Waals surface area contributed by atoms with Crippen molar-refractivity contribution in [3.63, 3.8) is 0 Å². The van der Waals surface area contributed by atoms with Crippen LogP contribution < -0.4 is 10.1 Å². The smallest absolute Gasteiger partial charge is 0.119 e. The molecule has 20 heavy (non-hydrogen) atoms. The second-order valence-electron chi connectivity index (χ2n) is 5.49. The third kappa shape index (κ3) is 3.68. The van der Waals surface area contributed by atoms with Crippen molar-refractivity contribution in [2.24, 2.45) is 0 Å². The first-order valence-electron chi connectivity index (χ1n) is 7.23. The van der Waals surface area contributed by atoms with Gasteiger partial charge < -0.3 is 15.2 Å². The minimum atomic E-state index is 0.229. The number of methoxy groups -OCH3 is 1. The molecular formula is C16H25NO2S. The number of rotatable bonds is 6. The molecule has 1 aliphatic carbocycles. The summed E-state index contributed by atoms with van der Waals surface area (Å²) in [5, 5.41) is 13.3. The maximum atomic E-state index is 9.37. The Bertz CT molecular complexity index is 434. The average molecular weight is 295 g/mol. The fraction of sp³-hybridized carbons (Fsp3) is 0.625. The van der Waals surface area contributed by atoms with E-state index in [1.807, 2.05) is 6.07 Å². The van der Waals surface area contributed by atoms with Crippen molar-refractivity contribution in [1.82, 2.24) is 5.32 Å².